The molecule has 3 aromatic rings. The summed E-state index contributed by atoms with van der Waals surface area (Å²) in [6.45, 7) is 2.33. The van der Waals surface area contributed by atoms with Crippen LogP contribution in [0.1, 0.15) is 6.92 Å². The van der Waals surface area contributed by atoms with E-state index in [2.05, 4.69) is 15.2 Å². The van der Waals surface area contributed by atoms with E-state index in [0.29, 0.717) is 29.6 Å². The highest BCUT2D eigenvalue weighted by Gasteiger charge is 2.13. The van der Waals surface area contributed by atoms with Crippen LogP contribution in [0.3, 0.4) is 0 Å². The highest BCUT2D eigenvalue weighted by molar-refractivity contribution is 5.65. The van der Waals surface area contributed by atoms with Crippen molar-refractivity contribution in [3.63, 3.8) is 0 Å². The van der Waals surface area contributed by atoms with Gasteiger partial charge >= 0.3 is 0 Å². The van der Waals surface area contributed by atoms with Crippen LogP contribution in [-0.2, 0) is 0 Å². The molecule has 0 radical (unpaired) electrons. The third-order valence-corrected chi connectivity index (χ3v) is 3.09. The quantitative estimate of drug-likeness (QED) is 0.735. The van der Waals surface area contributed by atoms with E-state index in [1.165, 1.54) is 12.1 Å². The average molecular weight is 295 g/mol. The van der Waals surface area contributed by atoms with Gasteiger partial charge in [0.05, 0.1) is 6.61 Å². The normalized spacial score (nSPS) is 10.5. The van der Waals surface area contributed by atoms with E-state index in [-0.39, 0.29) is 5.82 Å². The predicted molar refractivity (Wildman–Crippen MR) is 81.8 cm³/mol. The van der Waals surface area contributed by atoms with Gasteiger partial charge in [-0.15, -0.1) is 10.2 Å². The highest BCUT2D eigenvalue weighted by atomic mass is 19.1. The maximum absolute atomic E-state index is 13.1. The molecule has 22 heavy (non-hydrogen) atoms. The molecule has 0 amide bonds. The zero-order valence-corrected chi connectivity index (χ0v) is 12.0. The van der Waals surface area contributed by atoms with Crippen LogP contribution in [0.2, 0.25) is 0 Å². The van der Waals surface area contributed by atoms with Gasteiger partial charge in [0.15, 0.2) is 11.5 Å². The van der Waals surface area contributed by atoms with E-state index in [9.17, 15) is 4.39 Å². The molecular weight excluding hydrogens is 281 g/mol. The molecule has 0 spiro atoms. The van der Waals surface area contributed by atoms with Crippen LogP contribution in [0.5, 0.6) is 5.88 Å². The smallest absolute Gasteiger partial charge is 0.244 e. The Balaban J connectivity index is 2.06. The first kappa shape index (κ1) is 14.1. The van der Waals surface area contributed by atoms with Crippen molar-refractivity contribution < 1.29 is 9.13 Å². The zero-order chi connectivity index (χ0) is 15.4. The molecule has 0 aliphatic carbocycles. The van der Waals surface area contributed by atoms with Crippen LogP contribution in [0.25, 0.3) is 22.6 Å². The zero-order valence-electron chi connectivity index (χ0n) is 12.0. The van der Waals surface area contributed by atoms with Crippen LogP contribution in [0.4, 0.5) is 4.39 Å². The lowest BCUT2D eigenvalue weighted by Crippen LogP contribution is -2.03. The lowest BCUT2D eigenvalue weighted by atomic mass is 10.1. The number of rotatable bonds is 4. The summed E-state index contributed by atoms with van der Waals surface area (Å²) in [6, 6.07) is 15.6. The van der Waals surface area contributed by atoms with Gasteiger partial charge in [0.2, 0.25) is 5.88 Å². The second-order valence-electron chi connectivity index (χ2n) is 4.60. The molecule has 110 valence electrons. The summed E-state index contributed by atoms with van der Waals surface area (Å²) in [5, 5.41) is 8.37. The summed E-state index contributed by atoms with van der Waals surface area (Å²) in [7, 11) is 0. The fourth-order valence-corrected chi connectivity index (χ4v) is 2.05. The first-order valence-electron chi connectivity index (χ1n) is 6.97. The van der Waals surface area contributed by atoms with Gasteiger partial charge in [0.25, 0.3) is 0 Å². The van der Waals surface area contributed by atoms with Crippen molar-refractivity contribution in [1.82, 2.24) is 15.2 Å². The maximum atomic E-state index is 13.1. The maximum Gasteiger partial charge on any atom is 0.244 e. The summed E-state index contributed by atoms with van der Waals surface area (Å²) in [6.07, 6.45) is 0. The lowest BCUT2D eigenvalue weighted by molar-refractivity contribution is 0.326. The Morgan fingerprint density at radius 3 is 2.32 bits per heavy atom. The van der Waals surface area contributed by atoms with Gasteiger partial charge in [0.1, 0.15) is 5.82 Å². The van der Waals surface area contributed by atoms with Gasteiger partial charge in [-0.1, -0.05) is 30.3 Å². The standard InChI is InChI=1S/C17H14FN3O/c1-2-22-17-15(12-8-10-14(18)11-9-12)20-21-16(19-17)13-6-4-3-5-7-13/h3-11H,2H2,1H3. The lowest BCUT2D eigenvalue weighted by Gasteiger charge is -2.09. The monoisotopic (exact) mass is 295 g/mol. The number of benzene rings is 2. The Bertz CT molecular complexity index is 761. The van der Waals surface area contributed by atoms with Crippen LogP contribution in [0.15, 0.2) is 54.6 Å². The second-order valence-corrected chi connectivity index (χ2v) is 4.60. The van der Waals surface area contributed by atoms with E-state index in [1.54, 1.807) is 12.1 Å². The molecule has 3 rings (SSSR count). The Hall–Kier alpha value is -2.82. The van der Waals surface area contributed by atoms with Gasteiger partial charge in [-0.2, -0.15) is 4.98 Å². The molecule has 0 N–H and O–H groups in total. The molecule has 0 unspecified atom stereocenters. The van der Waals surface area contributed by atoms with Crippen molar-refractivity contribution in [3.05, 3.63) is 60.4 Å². The van der Waals surface area contributed by atoms with Gasteiger partial charge < -0.3 is 4.74 Å². The third kappa shape index (κ3) is 2.93. The van der Waals surface area contributed by atoms with Crippen LogP contribution >= 0.6 is 0 Å². The molecule has 0 fully saturated rings. The SMILES string of the molecule is CCOc1nc(-c2ccccc2)nnc1-c1ccc(F)cc1. The summed E-state index contributed by atoms with van der Waals surface area (Å²) >= 11 is 0. The Kier molecular flexibility index (Phi) is 4.05. The van der Waals surface area contributed by atoms with Crippen LogP contribution in [-0.4, -0.2) is 21.8 Å². The summed E-state index contributed by atoms with van der Waals surface area (Å²) in [5.74, 6) is 0.585. The minimum Gasteiger partial charge on any atom is -0.476 e. The highest BCUT2D eigenvalue weighted by Crippen LogP contribution is 2.27. The molecule has 0 saturated heterocycles. The molecule has 0 aliphatic heterocycles. The summed E-state index contributed by atoms with van der Waals surface area (Å²) in [5.41, 5.74) is 2.08. The average Bonchev–Trinajstić information content (AvgIpc) is 2.57. The van der Waals surface area contributed by atoms with E-state index >= 15 is 0 Å². The number of hydrogen-bond donors (Lipinski definition) is 0. The predicted octanol–water partition coefficient (Wildman–Crippen LogP) is 3.74. The minimum absolute atomic E-state index is 0.302. The van der Waals surface area contributed by atoms with Crippen LogP contribution in [0, 0.1) is 5.82 Å². The molecule has 5 heteroatoms. The molecular formula is C17H14FN3O. The Labute approximate surface area is 127 Å². The second kappa shape index (κ2) is 6.30. The molecule has 4 nitrogen and oxygen atoms in total. The first-order chi connectivity index (χ1) is 10.8. The summed E-state index contributed by atoms with van der Waals surface area (Å²) in [4.78, 5) is 4.44. The van der Waals surface area contributed by atoms with E-state index in [4.69, 9.17) is 4.74 Å². The van der Waals surface area contributed by atoms with Crippen molar-refractivity contribution in [2.24, 2.45) is 0 Å². The number of hydrogen-bond acceptors (Lipinski definition) is 4. The van der Waals surface area contributed by atoms with Gasteiger partial charge in [-0.05, 0) is 31.2 Å². The van der Waals surface area contributed by atoms with E-state index < -0.39 is 0 Å². The van der Waals surface area contributed by atoms with Crippen molar-refractivity contribution in [1.29, 1.82) is 0 Å². The molecule has 1 heterocycles. The number of nitrogens with zero attached hydrogens (tertiary/aromatic N) is 3. The molecule has 0 aliphatic rings. The third-order valence-electron chi connectivity index (χ3n) is 3.09. The van der Waals surface area contributed by atoms with E-state index in [0.717, 1.165) is 5.56 Å². The fourth-order valence-electron chi connectivity index (χ4n) is 2.05. The topological polar surface area (TPSA) is 47.9 Å². The molecule has 0 atom stereocenters. The first-order valence-corrected chi connectivity index (χ1v) is 6.97. The van der Waals surface area contributed by atoms with Gasteiger partial charge in [-0.3, -0.25) is 0 Å². The molecule has 0 bridgehead atoms. The van der Waals surface area contributed by atoms with Crippen molar-refractivity contribution in [2.75, 3.05) is 6.61 Å². The van der Waals surface area contributed by atoms with Crippen LogP contribution < -0.4 is 4.74 Å². The van der Waals surface area contributed by atoms with E-state index in [1.807, 2.05) is 37.3 Å². The minimum atomic E-state index is -0.302. The van der Waals surface area contributed by atoms with Gasteiger partial charge in [0, 0.05) is 11.1 Å². The Morgan fingerprint density at radius 2 is 1.64 bits per heavy atom. The van der Waals surface area contributed by atoms with Crippen molar-refractivity contribution >= 4 is 0 Å². The number of aromatic nitrogens is 3. The molecule has 0 saturated carbocycles. The number of ether oxygens (including phenoxy) is 1. The molecule has 2 aromatic carbocycles. The summed E-state index contributed by atoms with van der Waals surface area (Å²) < 4.78 is 18.6. The van der Waals surface area contributed by atoms with Crippen molar-refractivity contribution in [2.45, 2.75) is 6.92 Å². The van der Waals surface area contributed by atoms with Crippen molar-refractivity contribution in [3.8, 4) is 28.5 Å². The molecule has 1 aromatic heterocycles. The largest absolute Gasteiger partial charge is 0.476 e. The van der Waals surface area contributed by atoms with Gasteiger partial charge in [-0.25, -0.2) is 4.39 Å². The number of halogens is 1. The fraction of sp³-hybridized carbons (Fsp3) is 0.118. The Morgan fingerprint density at radius 1 is 0.909 bits per heavy atom.